The molecule has 0 aliphatic rings. The second kappa shape index (κ2) is 6.42. The molecule has 2 aromatic rings. The maximum Gasteiger partial charge on any atom is 0.0406 e. The van der Waals surface area contributed by atoms with E-state index in [9.17, 15) is 0 Å². The van der Waals surface area contributed by atoms with Crippen molar-refractivity contribution < 1.29 is 0 Å². The Balaban J connectivity index is 2.14. The lowest BCUT2D eigenvalue weighted by Gasteiger charge is -2.02. The van der Waals surface area contributed by atoms with E-state index in [1.807, 2.05) is 24.3 Å². The van der Waals surface area contributed by atoms with Crippen LogP contribution in [0.4, 0.5) is 0 Å². The Bertz CT molecular complexity index is 506. The van der Waals surface area contributed by atoms with Crippen LogP contribution < -0.4 is 0 Å². The maximum absolute atomic E-state index is 5.89. The maximum atomic E-state index is 5.89. The molecule has 0 aliphatic carbocycles. The van der Waals surface area contributed by atoms with Gasteiger partial charge in [-0.25, -0.2) is 0 Å². The number of halogens is 1. The largest absolute Gasteiger partial charge is 0.0843 e. The van der Waals surface area contributed by atoms with Gasteiger partial charge in [-0.1, -0.05) is 73.5 Å². The van der Waals surface area contributed by atoms with Crippen molar-refractivity contribution in [1.82, 2.24) is 0 Å². The van der Waals surface area contributed by atoms with Crippen molar-refractivity contribution in [2.75, 3.05) is 0 Å². The van der Waals surface area contributed by atoms with Gasteiger partial charge in [-0.2, -0.15) is 0 Å². The Hall–Kier alpha value is -1.53. The molecule has 0 nitrogen and oxygen atoms in total. The van der Waals surface area contributed by atoms with Gasteiger partial charge in [0.05, 0.1) is 0 Å². The lowest BCUT2D eigenvalue weighted by molar-refractivity contribution is 0.962. The molecule has 0 fully saturated rings. The molecule has 0 saturated carbocycles. The minimum absolute atomic E-state index is 0.776. The molecule has 0 bridgehead atoms. The predicted molar refractivity (Wildman–Crippen MR) is 80.8 cm³/mol. The average molecular weight is 257 g/mol. The molecule has 2 aromatic carbocycles. The minimum atomic E-state index is 0.776. The third-order valence-corrected chi connectivity index (χ3v) is 3.11. The zero-order valence-electron chi connectivity index (χ0n) is 10.6. The van der Waals surface area contributed by atoms with Crippen LogP contribution in [0.25, 0.3) is 17.2 Å². The van der Waals surface area contributed by atoms with Gasteiger partial charge in [0.2, 0.25) is 0 Å². The van der Waals surface area contributed by atoms with Crippen LogP contribution in [-0.2, 0) is 0 Å². The van der Waals surface area contributed by atoms with Crippen molar-refractivity contribution in [1.29, 1.82) is 0 Å². The molecule has 1 heteroatoms. The molecule has 0 unspecified atom stereocenters. The zero-order valence-corrected chi connectivity index (χ0v) is 11.3. The molecule has 0 radical (unpaired) electrons. The molecule has 0 aliphatic heterocycles. The molecule has 0 saturated heterocycles. The molecule has 0 atom stereocenters. The van der Waals surface area contributed by atoms with Crippen molar-refractivity contribution in [2.24, 2.45) is 0 Å². The summed E-state index contributed by atoms with van der Waals surface area (Å²) >= 11 is 5.89. The van der Waals surface area contributed by atoms with E-state index < -0.39 is 0 Å². The highest BCUT2D eigenvalue weighted by Gasteiger charge is 1.97. The van der Waals surface area contributed by atoms with E-state index in [1.54, 1.807) is 0 Å². The van der Waals surface area contributed by atoms with Crippen LogP contribution in [-0.4, -0.2) is 0 Å². The van der Waals surface area contributed by atoms with E-state index in [-0.39, 0.29) is 0 Å². The number of unbranched alkanes of at least 4 members (excludes halogenated alkanes) is 1. The number of hydrogen-bond donors (Lipinski definition) is 0. The quantitative estimate of drug-likeness (QED) is 0.647. The Morgan fingerprint density at radius 1 is 0.889 bits per heavy atom. The fourth-order valence-electron chi connectivity index (χ4n) is 1.82. The summed E-state index contributed by atoms with van der Waals surface area (Å²) in [5.74, 6) is 0. The smallest absolute Gasteiger partial charge is 0.0406 e. The predicted octanol–water partition coefficient (Wildman–Crippen LogP) is 5.82. The lowest BCUT2D eigenvalue weighted by Crippen LogP contribution is -1.78. The molecule has 0 N–H and O–H groups in total. The van der Waals surface area contributed by atoms with E-state index in [2.05, 4.69) is 43.3 Å². The first kappa shape index (κ1) is 12.9. The molecule has 92 valence electrons. The molecular weight excluding hydrogens is 240 g/mol. The molecule has 0 aromatic heterocycles. The number of hydrogen-bond acceptors (Lipinski definition) is 0. The Morgan fingerprint density at radius 2 is 1.44 bits per heavy atom. The summed E-state index contributed by atoms with van der Waals surface area (Å²) in [5.41, 5.74) is 3.67. The Morgan fingerprint density at radius 3 is 2.00 bits per heavy atom. The van der Waals surface area contributed by atoms with Crippen LogP contribution in [0.1, 0.15) is 25.3 Å². The van der Waals surface area contributed by atoms with Crippen LogP contribution >= 0.6 is 11.6 Å². The van der Waals surface area contributed by atoms with Gasteiger partial charge in [0.25, 0.3) is 0 Å². The number of allylic oxidation sites excluding steroid dienone is 1. The second-order valence-electron chi connectivity index (χ2n) is 4.32. The van der Waals surface area contributed by atoms with Gasteiger partial charge in [0.1, 0.15) is 0 Å². The van der Waals surface area contributed by atoms with Crippen molar-refractivity contribution in [2.45, 2.75) is 19.8 Å². The molecule has 2 rings (SSSR count). The third-order valence-electron chi connectivity index (χ3n) is 2.85. The second-order valence-corrected chi connectivity index (χ2v) is 4.76. The van der Waals surface area contributed by atoms with Gasteiger partial charge in [-0.15, -0.1) is 0 Å². The SMILES string of the molecule is CCCC=Cc1ccc(-c2ccc(Cl)cc2)cc1. The first-order chi connectivity index (χ1) is 8.79. The van der Waals surface area contributed by atoms with Crippen LogP contribution in [0.2, 0.25) is 5.02 Å². The zero-order chi connectivity index (χ0) is 12.8. The summed E-state index contributed by atoms with van der Waals surface area (Å²) in [6.45, 7) is 2.19. The van der Waals surface area contributed by atoms with Crippen LogP contribution in [0, 0.1) is 0 Å². The molecular formula is C17H17Cl. The summed E-state index contributed by atoms with van der Waals surface area (Å²) in [5, 5.41) is 0.776. The van der Waals surface area contributed by atoms with E-state index in [4.69, 9.17) is 11.6 Å². The van der Waals surface area contributed by atoms with Gasteiger partial charge in [-0.3, -0.25) is 0 Å². The van der Waals surface area contributed by atoms with E-state index >= 15 is 0 Å². The van der Waals surface area contributed by atoms with Crippen molar-refractivity contribution >= 4 is 17.7 Å². The van der Waals surface area contributed by atoms with Crippen molar-refractivity contribution in [3.8, 4) is 11.1 Å². The van der Waals surface area contributed by atoms with E-state index in [0.717, 1.165) is 11.4 Å². The average Bonchev–Trinajstić information content (AvgIpc) is 2.41. The van der Waals surface area contributed by atoms with E-state index in [1.165, 1.54) is 23.1 Å². The first-order valence-electron chi connectivity index (χ1n) is 6.32. The standard InChI is InChI=1S/C17H17Cl/c1-2-3-4-5-14-6-8-15(9-7-14)16-10-12-17(18)13-11-16/h4-13H,2-3H2,1H3. The number of rotatable bonds is 4. The highest BCUT2D eigenvalue weighted by Crippen LogP contribution is 2.22. The van der Waals surface area contributed by atoms with Gasteiger partial charge < -0.3 is 0 Å². The summed E-state index contributed by atoms with van der Waals surface area (Å²) in [7, 11) is 0. The van der Waals surface area contributed by atoms with Gasteiger partial charge in [-0.05, 0) is 35.2 Å². The molecule has 18 heavy (non-hydrogen) atoms. The molecule has 0 spiro atoms. The minimum Gasteiger partial charge on any atom is -0.0843 e. The highest BCUT2D eigenvalue weighted by molar-refractivity contribution is 6.30. The van der Waals surface area contributed by atoms with Gasteiger partial charge >= 0.3 is 0 Å². The highest BCUT2D eigenvalue weighted by atomic mass is 35.5. The monoisotopic (exact) mass is 256 g/mol. The van der Waals surface area contributed by atoms with Gasteiger partial charge in [0.15, 0.2) is 0 Å². The lowest BCUT2D eigenvalue weighted by atomic mass is 10.0. The fraction of sp³-hybridized carbons (Fsp3) is 0.176. The van der Waals surface area contributed by atoms with Crippen LogP contribution in [0.15, 0.2) is 54.6 Å². The van der Waals surface area contributed by atoms with E-state index in [0.29, 0.717) is 0 Å². The summed E-state index contributed by atoms with van der Waals surface area (Å²) in [6, 6.07) is 16.5. The topological polar surface area (TPSA) is 0 Å². The van der Waals surface area contributed by atoms with Crippen molar-refractivity contribution in [3.05, 3.63) is 65.2 Å². The summed E-state index contributed by atoms with van der Waals surface area (Å²) in [4.78, 5) is 0. The normalized spacial score (nSPS) is 11.0. The van der Waals surface area contributed by atoms with Crippen molar-refractivity contribution in [3.63, 3.8) is 0 Å². The van der Waals surface area contributed by atoms with Gasteiger partial charge in [0, 0.05) is 5.02 Å². The van der Waals surface area contributed by atoms with Crippen LogP contribution in [0.3, 0.4) is 0 Å². The fourth-order valence-corrected chi connectivity index (χ4v) is 1.94. The molecule has 0 amide bonds. The molecule has 0 heterocycles. The Kier molecular flexibility index (Phi) is 4.60. The summed E-state index contributed by atoms with van der Waals surface area (Å²) < 4.78 is 0. The number of benzene rings is 2. The summed E-state index contributed by atoms with van der Waals surface area (Å²) in [6.07, 6.45) is 6.73. The van der Waals surface area contributed by atoms with Crippen LogP contribution in [0.5, 0.6) is 0 Å². The third kappa shape index (κ3) is 3.48. The first-order valence-corrected chi connectivity index (χ1v) is 6.70. The Labute approximate surface area is 114 Å².